The van der Waals surface area contributed by atoms with Crippen LogP contribution in [0.15, 0.2) is 42.5 Å². The number of halogens is 2. The summed E-state index contributed by atoms with van der Waals surface area (Å²) in [6.45, 7) is 2.14. The van der Waals surface area contributed by atoms with Gasteiger partial charge in [-0.25, -0.2) is 0 Å². The first kappa shape index (κ1) is 26.0. The number of aliphatic hydroxyl groups is 1. The quantitative estimate of drug-likeness (QED) is 0.314. The number of unbranched alkanes of at least 4 members (excludes halogenated alkanes) is 3. The van der Waals surface area contributed by atoms with E-state index in [0.717, 1.165) is 19.3 Å². The first-order valence-electron chi connectivity index (χ1n) is 11.5. The summed E-state index contributed by atoms with van der Waals surface area (Å²) < 4.78 is 28.0. The Labute approximate surface area is 189 Å². The van der Waals surface area contributed by atoms with E-state index in [9.17, 15) is 23.5 Å². The van der Waals surface area contributed by atoms with Gasteiger partial charge >= 0.3 is 11.9 Å². The molecule has 32 heavy (non-hydrogen) atoms. The summed E-state index contributed by atoms with van der Waals surface area (Å²) in [5.74, 6) is -5.42. The molecule has 178 valence electrons. The molecular weight excluding hydrogens is 416 g/mol. The highest BCUT2D eigenvalue weighted by Crippen LogP contribution is 2.34. The maximum absolute atomic E-state index is 14.0. The molecule has 1 aliphatic rings. The molecule has 2 N–H and O–H groups in total. The number of hydrogen-bond donors (Lipinski definition) is 2. The summed E-state index contributed by atoms with van der Waals surface area (Å²) in [5.41, 5.74) is 1.25. The van der Waals surface area contributed by atoms with Crippen LogP contribution in [0.1, 0.15) is 63.9 Å². The highest BCUT2D eigenvalue weighted by molar-refractivity contribution is 5.86. The van der Waals surface area contributed by atoms with E-state index in [1.165, 1.54) is 10.5 Å². The van der Waals surface area contributed by atoms with Gasteiger partial charge in [0.2, 0.25) is 0 Å². The van der Waals surface area contributed by atoms with Gasteiger partial charge in [0.05, 0.1) is 12.1 Å². The van der Waals surface area contributed by atoms with E-state index < -0.39 is 36.4 Å². The van der Waals surface area contributed by atoms with Gasteiger partial charge in [0.1, 0.15) is 0 Å². The summed E-state index contributed by atoms with van der Waals surface area (Å²) in [5, 5.41) is 19.1. The Morgan fingerprint density at radius 2 is 1.88 bits per heavy atom. The van der Waals surface area contributed by atoms with Crippen LogP contribution in [0.3, 0.4) is 0 Å². The number of nitrogens with zero attached hydrogens (tertiary/aromatic N) is 1. The van der Waals surface area contributed by atoms with Gasteiger partial charge in [-0.3, -0.25) is 9.59 Å². The van der Waals surface area contributed by atoms with Crippen LogP contribution in [-0.4, -0.2) is 51.6 Å². The predicted molar refractivity (Wildman–Crippen MR) is 119 cm³/mol. The number of alkyl halides is 2. The van der Waals surface area contributed by atoms with Crippen molar-refractivity contribution < 1.29 is 28.6 Å². The number of carboxylic acids is 1. The third-order valence-corrected chi connectivity index (χ3v) is 6.06. The van der Waals surface area contributed by atoms with Crippen molar-refractivity contribution in [2.45, 2.75) is 82.8 Å². The van der Waals surface area contributed by atoms with E-state index in [1.54, 1.807) is 12.2 Å². The summed E-state index contributed by atoms with van der Waals surface area (Å²) >= 11 is 0. The molecule has 2 unspecified atom stereocenters. The number of benzene rings is 1. The van der Waals surface area contributed by atoms with Crippen LogP contribution < -0.4 is 0 Å². The Balaban J connectivity index is 1.81. The molecule has 1 aromatic carbocycles. The van der Waals surface area contributed by atoms with E-state index in [4.69, 9.17) is 5.11 Å². The van der Waals surface area contributed by atoms with Crippen LogP contribution in [0.5, 0.6) is 0 Å². The molecule has 0 radical (unpaired) electrons. The molecule has 1 aromatic rings. The molecule has 0 aliphatic carbocycles. The Morgan fingerprint density at radius 3 is 2.56 bits per heavy atom. The Morgan fingerprint density at radius 1 is 1.19 bits per heavy atom. The smallest absolute Gasteiger partial charge is 0.327 e. The number of hydrogen-bond acceptors (Lipinski definition) is 3. The maximum atomic E-state index is 14.0. The minimum Gasteiger partial charge on any atom is -0.481 e. The van der Waals surface area contributed by atoms with Crippen LogP contribution in [0.25, 0.3) is 0 Å². The predicted octanol–water partition coefficient (Wildman–Crippen LogP) is 4.83. The second-order valence-electron chi connectivity index (χ2n) is 8.76. The number of carbonyl (C=O) groups is 2. The van der Waals surface area contributed by atoms with Gasteiger partial charge in [-0.1, -0.05) is 62.2 Å². The number of amides is 1. The number of likely N-dealkylation sites (tertiary alicyclic amines) is 1. The van der Waals surface area contributed by atoms with Crippen LogP contribution in [-0.2, 0) is 16.0 Å². The number of aryl methyl sites for hydroxylation is 1. The average molecular weight is 452 g/mol. The van der Waals surface area contributed by atoms with Gasteiger partial charge in [0, 0.05) is 19.4 Å². The number of aliphatic carboxylic acids is 1. The maximum Gasteiger partial charge on any atom is 0.327 e. The minimum atomic E-state index is -3.38. The molecule has 1 amide bonds. The third-order valence-electron chi connectivity index (χ3n) is 6.06. The average Bonchev–Trinajstić information content (AvgIpc) is 2.97. The van der Waals surface area contributed by atoms with Gasteiger partial charge in [-0.05, 0) is 43.6 Å². The topological polar surface area (TPSA) is 77.8 Å². The molecule has 0 saturated carbocycles. The lowest BCUT2D eigenvalue weighted by Crippen LogP contribution is -2.36. The van der Waals surface area contributed by atoms with Crippen molar-refractivity contribution in [3.8, 4) is 0 Å². The highest BCUT2D eigenvalue weighted by Gasteiger charge is 2.52. The largest absolute Gasteiger partial charge is 0.481 e. The van der Waals surface area contributed by atoms with Gasteiger partial charge < -0.3 is 15.1 Å². The van der Waals surface area contributed by atoms with E-state index in [2.05, 4.69) is 12.1 Å². The van der Waals surface area contributed by atoms with Crippen LogP contribution in [0.2, 0.25) is 0 Å². The van der Waals surface area contributed by atoms with E-state index in [0.29, 0.717) is 25.7 Å². The van der Waals surface area contributed by atoms with Crippen molar-refractivity contribution in [2.24, 2.45) is 5.92 Å². The molecule has 0 bridgehead atoms. The molecule has 1 saturated heterocycles. The van der Waals surface area contributed by atoms with Crippen molar-refractivity contribution in [1.82, 2.24) is 4.90 Å². The zero-order chi connectivity index (χ0) is 23.6. The molecule has 3 atom stereocenters. The van der Waals surface area contributed by atoms with Crippen LogP contribution in [0, 0.1) is 5.92 Å². The standard InChI is InChI=1S/C25H35F2NO4/c1-19(10-9-13-20-11-5-4-6-12-20)22(29)16-15-21-18-25(26,27)24(32)28(21)17-8-3-2-7-14-23(30)31/h4-6,11-12,15-16,19,21-22,29H,2-3,7-10,13-14,17-18H2,1H3,(H,30,31)/b16-15-/t19?,21-,22?/m0/s1. The summed E-state index contributed by atoms with van der Waals surface area (Å²) in [6.07, 6.45) is 6.95. The Kier molecular flexibility index (Phi) is 10.3. The van der Waals surface area contributed by atoms with Crippen molar-refractivity contribution in [3.05, 3.63) is 48.0 Å². The molecule has 5 nitrogen and oxygen atoms in total. The van der Waals surface area contributed by atoms with Gasteiger partial charge in [-0.2, -0.15) is 8.78 Å². The number of carboxylic acid groups (broad SMARTS) is 1. The van der Waals surface area contributed by atoms with Gasteiger partial charge in [0.15, 0.2) is 0 Å². The van der Waals surface area contributed by atoms with Gasteiger partial charge in [0.25, 0.3) is 5.91 Å². The second kappa shape index (κ2) is 12.7. The lowest BCUT2D eigenvalue weighted by atomic mass is 9.95. The van der Waals surface area contributed by atoms with Crippen molar-refractivity contribution in [3.63, 3.8) is 0 Å². The van der Waals surface area contributed by atoms with Crippen molar-refractivity contribution in [1.29, 1.82) is 0 Å². The number of rotatable bonds is 14. The monoisotopic (exact) mass is 451 g/mol. The molecular formula is C25H35F2NO4. The Hall–Kier alpha value is -2.28. The van der Waals surface area contributed by atoms with Crippen LogP contribution >= 0.6 is 0 Å². The van der Waals surface area contributed by atoms with Crippen LogP contribution in [0.4, 0.5) is 8.78 Å². The molecule has 0 aromatic heterocycles. The molecule has 7 heteroatoms. The lowest BCUT2D eigenvalue weighted by Gasteiger charge is -2.22. The molecule has 2 rings (SSSR count). The summed E-state index contributed by atoms with van der Waals surface area (Å²) in [6, 6.07) is 9.37. The normalized spacial score (nSPS) is 20.1. The first-order valence-corrected chi connectivity index (χ1v) is 11.5. The summed E-state index contributed by atoms with van der Waals surface area (Å²) in [4.78, 5) is 23.8. The fourth-order valence-electron chi connectivity index (χ4n) is 4.05. The third kappa shape index (κ3) is 8.34. The fraction of sp³-hybridized carbons (Fsp3) is 0.600. The highest BCUT2D eigenvalue weighted by atomic mass is 19.3. The minimum absolute atomic E-state index is 0.0183. The zero-order valence-electron chi connectivity index (χ0n) is 18.8. The zero-order valence-corrected chi connectivity index (χ0v) is 18.8. The number of aliphatic hydroxyl groups excluding tert-OH is 1. The molecule has 1 aliphatic heterocycles. The number of carbonyl (C=O) groups excluding carboxylic acids is 1. The molecule has 0 spiro atoms. The van der Waals surface area contributed by atoms with E-state index >= 15 is 0 Å². The first-order chi connectivity index (χ1) is 15.2. The second-order valence-corrected chi connectivity index (χ2v) is 8.76. The lowest BCUT2D eigenvalue weighted by molar-refractivity contribution is -0.148. The molecule has 1 fully saturated rings. The molecule has 1 heterocycles. The van der Waals surface area contributed by atoms with Crippen molar-refractivity contribution in [2.75, 3.05) is 6.54 Å². The summed E-state index contributed by atoms with van der Waals surface area (Å²) in [7, 11) is 0. The Bertz CT molecular complexity index is 754. The SMILES string of the molecule is CC(CCCc1ccccc1)C(O)/C=C\[C@H]1CC(F)(F)C(=O)N1CCCCCCC(=O)O. The van der Waals surface area contributed by atoms with Crippen molar-refractivity contribution >= 4 is 11.9 Å². The fourth-order valence-corrected chi connectivity index (χ4v) is 4.05. The van der Waals surface area contributed by atoms with Gasteiger partial charge in [-0.15, -0.1) is 0 Å². The van der Waals surface area contributed by atoms with E-state index in [1.807, 2.05) is 25.1 Å². The van der Waals surface area contributed by atoms with E-state index in [-0.39, 0.29) is 18.9 Å².